The molecule has 3 aromatic heterocycles. The van der Waals surface area contributed by atoms with Crippen LogP contribution in [0.2, 0.25) is 0 Å². The molecule has 4 aromatic rings. The number of fused-ring (bicyclic) bond motifs is 1. The Balaban J connectivity index is 1.78. The van der Waals surface area contributed by atoms with Crippen molar-refractivity contribution < 1.29 is 13.7 Å². The Kier molecular flexibility index (Phi) is 3.85. The van der Waals surface area contributed by atoms with Gasteiger partial charge in [-0.05, 0) is 37.6 Å². The minimum absolute atomic E-state index is 0.250. The standard InChI is InChI=1S/C18H15N3O3S/c1-11-5-3-7-15-16(11)19-18(25-15)21(10-13-6-4-8-23-13)17(22)14-9-12(2)24-20-14/h3-9H,10H2,1-2H3. The number of carbonyl (C=O) groups excluding carboxylic acids is 1. The van der Waals surface area contributed by atoms with Gasteiger partial charge in [0.15, 0.2) is 10.8 Å². The molecule has 4 rings (SSSR count). The largest absolute Gasteiger partial charge is 0.467 e. The molecule has 0 aliphatic carbocycles. The number of rotatable bonds is 4. The number of nitrogens with zero attached hydrogens (tertiary/aromatic N) is 3. The third kappa shape index (κ3) is 2.94. The number of aryl methyl sites for hydroxylation is 2. The van der Waals surface area contributed by atoms with Gasteiger partial charge in [0.2, 0.25) is 0 Å². The summed E-state index contributed by atoms with van der Waals surface area (Å²) >= 11 is 1.47. The second-order valence-corrected chi connectivity index (χ2v) is 6.72. The lowest BCUT2D eigenvalue weighted by molar-refractivity contribution is 0.0974. The first kappa shape index (κ1) is 15.6. The molecule has 0 radical (unpaired) electrons. The summed E-state index contributed by atoms with van der Waals surface area (Å²) in [6.07, 6.45) is 1.58. The molecule has 0 saturated carbocycles. The summed E-state index contributed by atoms with van der Waals surface area (Å²) in [7, 11) is 0. The summed E-state index contributed by atoms with van der Waals surface area (Å²) in [5, 5.41) is 4.45. The lowest BCUT2D eigenvalue weighted by Crippen LogP contribution is -2.30. The zero-order valence-corrected chi connectivity index (χ0v) is 14.5. The van der Waals surface area contributed by atoms with E-state index in [-0.39, 0.29) is 18.1 Å². The van der Waals surface area contributed by atoms with E-state index in [1.54, 1.807) is 30.2 Å². The van der Waals surface area contributed by atoms with Crippen LogP contribution in [0.25, 0.3) is 10.2 Å². The van der Waals surface area contributed by atoms with Crippen molar-refractivity contribution in [3.8, 4) is 0 Å². The number of hydrogen-bond acceptors (Lipinski definition) is 6. The molecule has 0 saturated heterocycles. The van der Waals surface area contributed by atoms with Gasteiger partial charge in [-0.1, -0.05) is 28.6 Å². The van der Waals surface area contributed by atoms with Gasteiger partial charge in [-0.15, -0.1) is 0 Å². The third-order valence-corrected chi connectivity index (χ3v) is 4.87. The van der Waals surface area contributed by atoms with E-state index in [0.717, 1.165) is 15.8 Å². The maximum Gasteiger partial charge on any atom is 0.282 e. The topological polar surface area (TPSA) is 72.4 Å². The van der Waals surface area contributed by atoms with E-state index < -0.39 is 0 Å². The number of hydrogen-bond donors (Lipinski definition) is 0. The van der Waals surface area contributed by atoms with E-state index in [0.29, 0.717) is 16.7 Å². The van der Waals surface area contributed by atoms with Crippen LogP contribution in [0.4, 0.5) is 5.13 Å². The maximum atomic E-state index is 13.0. The maximum absolute atomic E-state index is 13.0. The van der Waals surface area contributed by atoms with Crippen molar-refractivity contribution in [2.75, 3.05) is 4.90 Å². The minimum Gasteiger partial charge on any atom is -0.467 e. The highest BCUT2D eigenvalue weighted by Gasteiger charge is 2.25. The highest BCUT2D eigenvalue weighted by atomic mass is 32.1. The molecule has 1 amide bonds. The SMILES string of the molecule is Cc1cc(C(=O)N(Cc2ccco2)c2nc3c(C)cccc3s2)no1. The summed E-state index contributed by atoms with van der Waals surface area (Å²) < 4.78 is 11.5. The first-order valence-corrected chi connectivity index (χ1v) is 8.57. The predicted molar refractivity (Wildman–Crippen MR) is 94.8 cm³/mol. The van der Waals surface area contributed by atoms with Crippen LogP contribution in [0, 0.1) is 13.8 Å². The minimum atomic E-state index is -0.273. The van der Waals surface area contributed by atoms with Gasteiger partial charge in [0.25, 0.3) is 5.91 Å². The molecule has 0 aliphatic heterocycles. The fraction of sp³-hybridized carbons (Fsp3) is 0.167. The summed E-state index contributed by atoms with van der Waals surface area (Å²) in [5.74, 6) is 0.982. The first-order valence-electron chi connectivity index (χ1n) is 7.75. The molecule has 0 fully saturated rings. The molecule has 25 heavy (non-hydrogen) atoms. The summed E-state index contributed by atoms with van der Waals surface area (Å²) in [5.41, 5.74) is 2.22. The zero-order chi connectivity index (χ0) is 17.4. The molecule has 126 valence electrons. The molecule has 6 nitrogen and oxygen atoms in total. The zero-order valence-electron chi connectivity index (χ0n) is 13.7. The van der Waals surface area contributed by atoms with Crippen LogP contribution in [0.1, 0.15) is 27.6 Å². The van der Waals surface area contributed by atoms with Gasteiger partial charge < -0.3 is 8.94 Å². The number of aromatic nitrogens is 2. The molecule has 0 spiro atoms. The Labute approximate surface area is 147 Å². The van der Waals surface area contributed by atoms with Crippen molar-refractivity contribution in [1.29, 1.82) is 0 Å². The lowest BCUT2D eigenvalue weighted by atomic mass is 10.2. The first-order chi connectivity index (χ1) is 12.1. The second kappa shape index (κ2) is 6.18. The Morgan fingerprint density at radius 1 is 1.24 bits per heavy atom. The van der Waals surface area contributed by atoms with E-state index in [4.69, 9.17) is 8.94 Å². The van der Waals surface area contributed by atoms with Crippen LogP contribution < -0.4 is 4.90 Å². The van der Waals surface area contributed by atoms with E-state index in [2.05, 4.69) is 10.1 Å². The summed E-state index contributed by atoms with van der Waals surface area (Å²) in [4.78, 5) is 19.2. The van der Waals surface area contributed by atoms with Crippen molar-refractivity contribution in [3.05, 3.63) is 65.4 Å². The van der Waals surface area contributed by atoms with Crippen molar-refractivity contribution >= 4 is 32.6 Å². The normalized spacial score (nSPS) is 11.1. The van der Waals surface area contributed by atoms with Crippen LogP contribution in [0.5, 0.6) is 0 Å². The van der Waals surface area contributed by atoms with Gasteiger partial charge in [0.1, 0.15) is 11.5 Å². The third-order valence-electron chi connectivity index (χ3n) is 3.83. The van der Waals surface area contributed by atoms with Gasteiger partial charge in [0, 0.05) is 6.07 Å². The van der Waals surface area contributed by atoms with E-state index in [1.165, 1.54) is 11.3 Å². The van der Waals surface area contributed by atoms with Crippen LogP contribution >= 0.6 is 11.3 Å². The van der Waals surface area contributed by atoms with Crippen molar-refractivity contribution in [2.24, 2.45) is 0 Å². The number of anilines is 1. The van der Waals surface area contributed by atoms with Crippen LogP contribution in [-0.2, 0) is 6.54 Å². The van der Waals surface area contributed by atoms with Gasteiger partial charge in [-0.25, -0.2) is 4.98 Å². The Morgan fingerprint density at radius 2 is 2.12 bits per heavy atom. The molecule has 0 bridgehead atoms. The molecular formula is C18H15N3O3S. The second-order valence-electron chi connectivity index (χ2n) is 5.71. The van der Waals surface area contributed by atoms with Gasteiger partial charge >= 0.3 is 0 Å². The molecule has 1 aromatic carbocycles. The fourth-order valence-electron chi connectivity index (χ4n) is 2.58. The van der Waals surface area contributed by atoms with Crippen molar-refractivity contribution in [2.45, 2.75) is 20.4 Å². The Bertz CT molecular complexity index is 1030. The number of carbonyl (C=O) groups is 1. The van der Waals surface area contributed by atoms with Crippen molar-refractivity contribution in [1.82, 2.24) is 10.1 Å². The van der Waals surface area contributed by atoms with E-state index in [1.807, 2.05) is 31.2 Å². The molecule has 0 N–H and O–H groups in total. The molecule has 0 unspecified atom stereocenters. The summed E-state index contributed by atoms with van der Waals surface area (Å²) in [6, 6.07) is 11.2. The van der Waals surface area contributed by atoms with E-state index >= 15 is 0 Å². The average molecular weight is 353 g/mol. The number of furan rings is 1. The molecule has 7 heteroatoms. The molecular weight excluding hydrogens is 338 g/mol. The van der Waals surface area contributed by atoms with Crippen LogP contribution in [0.15, 0.2) is 51.6 Å². The van der Waals surface area contributed by atoms with Gasteiger partial charge in [0.05, 0.1) is 23.0 Å². The quantitative estimate of drug-likeness (QED) is 0.546. The number of para-hydroxylation sites is 1. The van der Waals surface area contributed by atoms with Crippen molar-refractivity contribution in [3.63, 3.8) is 0 Å². The predicted octanol–water partition coefficient (Wildman–Crippen LogP) is 4.34. The average Bonchev–Trinajstić information content (AvgIpc) is 3.32. The number of thiazole rings is 1. The lowest BCUT2D eigenvalue weighted by Gasteiger charge is -2.17. The Morgan fingerprint density at radius 3 is 2.80 bits per heavy atom. The van der Waals surface area contributed by atoms with E-state index in [9.17, 15) is 4.79 Å². The molecule has 0 atom stereocenters. The van der Waals surface area contributed by atoms with Gasteiger partial charge in [-0.2, -0.15) is 0 Å². The highest BCUT2D eigenvalue weighted by Crippen LogP contribution is 2.32. The van der Waals surface area contributed by atoms with Crippen LogP contribution in [0.3, 0.4) is 0 Å². The number of amides is 1. The fourth-order valence-corrected chi connectivity index (χ4v) is 3.62. The number of benzene rings is 1. The highest BCUT2D eigenvalue weighted by molar-refractivity contribution is 7.22. The molecule has 0 aliphatic rings. The Hall–Kier alpha value is -2.93. The van der Waals surface area contributed by atoms with Gasteiger partial charge in [-0.3, -0.25) is 9.69 Å². The van der Waals surface area contributed by atoms with Crippen LogP contribution in [-0.4, -0.2) is 16.0 Å². The molecule has 3 heterocycles. The smallest absolute Gasteiger partial charge is 0.282 e. The monoisotopic (exact) mass is 353 g/mol. The summed E-state index contributed by atoms with van der Waals surface area (Å²) in [6.45, 7) is 4.03.